The van der Waals surface area contributed by atoms with Crippen molar-refractivity contribution in [2.45, 2.75) is 18.6 Å². The van der Waals surface area contributed by atoms with Crippen molar-refractivity contribution in [2.24, 2.45) is 0 Å². The molecule has 13 heavy (non-hydrogen) atoms. The van der Waals surface area contributed by atoms with Gasteiger partial charge < -0.3 is 14.8 Å². The largest absolute Gasteiger partial charge is 0.466 e. The highest BCUT2D eigenvalue weighted by molar-refractivity contribution is 5.90. The number of carbonyl (C=O) groups excluding carboxylic acids is 2. The second-order valence-corrected chi connectivity index (χ2v) is 3.01. The SMILES string of the molecule is COC(=O)C1=C[C@@H]2OC(=O)N[C@@H]2C1. The first-order chi connectivity index (χ1) is 6.20. The zero-order chi connectivity index (χ0) is 9.42. The Kier molecular flexibility index (Phi) is 1.72. The molecule has 0 spiro atoms. The van der Waals surface area contributed by atoms with Gasteiger partial charge in [0.05, 0.1) is 13.2 Å². The number of rotatable bonds is 1. The van der Waals surface area contributed by atoms with Gasteiger partial charge in [-0.15, -0.1) is 0 Å². The van der Waals surface area contributed by atoms with Crippen LogP contribution in [0.1, 0.15) is 6.42 Å². The lowest BCUT2D eigenvalue weighted by Crippen LogP contribution is -2.27. The molecule has 1 heterocycles. The Morgan fingerprint density at radius 3 is 3.15 bits per heavy atom. The van der Waals surface area contributed by atoms with Crippen LogP contribution in [0.15, 0.2) is 11.6 Å². The molecule has 0 aromatic rings. The third-order valence-electron chi connectivity index (χ3n) is 2.20. The molecule has 1 aliphatic heterocycles. The third kappa shape index (κ3) is 1.26. The van der Waals surface area contributed by atoms with Gasteiger partial charge in [-0.05, 0) is 6.08 Å². The summed E-state index contributed by atoms with van der Waals surface area (Å²) >= 11 is 0. The quantitative estimate of drug-likeness (QED) is 0.579. The zero-order valence-corrected chi connectivity index (χ0v) is 7.07. The van der Waals surface area contributed by atoms with Gasteiger partial charge in [-0.2, -0.15) is 0 Å². The molecule has 5 heteroatoms. The molecule has 5 nitrogen and oxygen atoms in total. The Hall–Kier alpha value is -1.52. The molecule has 1 saturated heterocycles. The number of nitrogens with one attached hydrogen (secondary N) is 1. The van der Waals surface area contributed by atoms with Gasteiger partial charge in [-0.1, -0.05) is 0 Å². The van der Waals surface area contributed by atoms with Gasteiger partial charge in [0.15, 0.2) is 0 Å². The molecule has 0 unspecified atom stereocenters. The van der Waals surface area contributed by atoms with E-state index >= 15 is 0 Å². The maximum atomic E-state index is 11.1. The van der Waals surface area contributed by atoms with Crippen molar-refractivity contribution in [3.8, 4) is 0 Å². The standard InChI is InChI=1S/C8H9NO4/c1-12-7(10)4-2-5-6(3-4)13-8(11)9-5/h3,5-6H,2H2,1H3,(H,9,11)/t5-,6+/m1/s1. The van der Waals surface area contributed by atoms with Gasteiger partial charge in [0, 0.05) is 12.0 Å². The van der Waals surface area contributed by atoms with Crippen LogP contribution >= 0.6 is 0 Å². The predicted molar refractivity (Wildman–Crippen MR) is 41.9 cm³/mol. The summed E-state index contributed by atoms with van der Waals surface area (Å²) in [7, 11) is 1.33. The third-order valence-corrected chi connectivity index (χ3v) is 2.20. The van der Waals surface area contributed by atoms with E-state index in [9.17, 15) is 9.59 Å². The summed E-state index contributed by atoms with van der Waals surface area (Å²) in [6.07, 6.45) is 1.40. The van der Waals surface area contributed by atoms with Gasteiger partial charge in [0.2, 0.25) is 0 Å². The van der Waals surface area contributed by atoms with Gasteiger partial charge in [0.25, 0.3) is 0 Å². The summed E-state index contributed by atoms with van der Waals surface area (Å²) in [6.45, 7) is 0. The Labute approximate surface area is 74.7 Å². The number of hydrogen-bond acceptors (Lipinski definition) is 4. The lowest BCUT2D eigenvalue weighted by atomic mass is 10.2. The molecule has 1 aliphatic carbocycles. The average Bonchev–Trinajstić information content (AvgIpc) is 2.59. The van der Waals surface area contributed by atoms with Gasteiger partial charge in [-0.3, -0.25) is 0 Å². The Morgan fingerprint density at radius 1 is 1.77 bits per heavy atom. The predicted octanol–water partition coefficient (Wildman–Crippen LogP) is -0.0335. The second-order valence-electron chi connectivity index (χ2n) is 3.01. The number of carbonyl (C=O) groups is 2. The van der Waals surface area contributed by atoms with Crippen LogP contribution in [0.2, 0.25) is 0 Å². The number of alkyl carbamates (subject to hydrolysis) is 1. The van der Waals surface area contributed by atoms with Crippen LogP contribution in [0.25, 0.3) is 0 Å². The smallest absolute Gasteiger partial charge is 0.408 e. The number of amides is 1. The lowest BCUT2D eigenvalue weighted by Gasteiger charge is -2.03. The summed E-state index contributed by atoms with van der Waals surface area (Å²) in [5.74, 6) is -0.354. The van der Waals surface area contributed by atoms with Crippen LogP contribution in [-0.2, 0) is 14.3 Å². The number of methoxy groups -OCH3 is 1. The molecule has 2 rings (SSSR count). The molecule has 0 radical (unpaired) electrons. The van der Waals surface area contributed by atoms with Crippen molar-refractivity contribution in [2.75, 3.05) is 7.11 Å². The molecular weight excluding hydrogens is 174 g/mol. The van der Waals surface area contributed by atoms with Crippen LogP contribution in [0.3, 0.4) is 0 Å². The summed E-state index contributed by atoms with van der Waals surface area (Å²) in [5, 5.41) is 2.60. The molecular formula is C8H9NO4. The van der Waals surface area contributed by atoms with E-state index in [0.717, 1.165) is 0 Å². The Balaban J connectivity index is 2.09. The van der Waals surface area contributed by atoms with E-state index in [0.29, 0.717) is 12.0 Å². The Morgan fingerprint density at radius 2 is 2.54 bits per heavy atom. The van der Waals surface area contributed by atoms with E-state index in [1.807, 2.05) is 0 Å². The van der Waals surface area contributed by atoms with E-state index in [-0.39, 0.29) is 18.1 Å². The lowest BCUT2D eigenvalue weighted by molar-refractivity contribution is -0.136. The number of ether oxygens (including phenoxy) is 2. The molecule has 0 bridgehead atoms. The van der Waals surface area contributed by atoms with E-state index in [1.54, 1.807) is 6.08 Å². The zero-order valence-electron chi connectivity index (χ0n) is 7.07. The van der Waals surface area contributed by atoms with Crippen molar-refractivity contribution < 1.29 is 19.1 Å². The average molecular weight is 183 g/mol. The molecule has 2 atom stereocenters. The van der Waals surface area contributed by atoms with E-state index in [2.05, 4.69) is 10.1 Å². The fraction of sp³-hybridized carbons (Fsp3) is 0.500. The highest BCUT2D eigenvalue weighted by atomic mass is 16.6. The maximum Gasteiger partial charge on any atom is 0.408 e. The van der Waals surface area contributed by atoms with Crippen molar-refractivity contribution in [3.63, 3.8) is 0 Å². The highest BCUT2D eigenvalue weighted by Crippen LogP contribution is 2.26. The fourth-order valence-corrected chi connectivity index (χ4v) is 1.58. The highest BCUT2D eigenvalue weighted by Gasteiger charge is 2.39. The minimum Gasteiger partial charge on any atom is -0.466 e. The summed E-state index contributed by atoms with van der Waals surface area (Å²) in [6, 6.07) is -0.0957. The van der Waals surface area contributed by atoms with Crippen molar-refractivity contribution in [1.82, 2.24) is 5.32 Å². The van der Waals surface area contributed by atoms with Gasteiger partial charge in [0.1, 0.15) is 6.10 Å². The molecule has 0 aromatic carbocycles. The van der Waals surface area contributed by atoms with Crippen LogP contribution < -0.4 is 5.32 Å². The maximum absolute atomic E-state index is 11.1. The van der Waals surface area contributed by atoms with Crippen LogP contribution in [-0.4, -0.2) is 31.3 Å². The molecule has 0 saturated carbocycles. The first kappa shape index (κ1) is 8.10. The van der Waals surface area contributed by atoms with Crippen molar-refractivity contribution in [3.05, 3.63) is 11.6 Å². The van der Waals surface area contributed by atoms with Gasteiger partial charge in [-0.25, -0.2) is 9.59 Å². The molecule has 1 amide bonds. The van der Waals surface area contributed by atoms with E-state index in [1.165, 1.54) is 7.11 Å². The molecule has 1 fully saturated rings. The minimum absolute atomic E-state index is 0.0957. The van der Waals surface area contributed by atoms with Crippen LogP contribution in [0.5, 0.6) is 0 Å². The van der Waals surface area contributed by atoms with Gasteiger partial charge >= 0.3 is 12.1 Å². The minimum atomic E-state index is -0.421. The summed E-state index contributed by atoms with van der Waals surface area (Å²) < 4.78 is 9.43. The van der Waals surface area contributed by atoms with Crippen LogP contribution in [0, 0.1) is 0 Å². The molecule has 0 aromatic heterocycles. The molecule has 2 aliphatic rings. The first-order valence-electron chi connectivity index (χ1n) is 3.97. The molecule has 1 N–H and O–H groups in total. The monoisotopic (exact) mass is 183 g/mol. The Bertz CT molecular complexity index is 297. The molecule has 70 valence electrons. The fourth-order valence-electron chi connectivity index (χ4n) is 1.58. The summed E-state index contributed by atoms with van der Waals surface area (Å²) in [4.78, 5) is 21.8. The number of esters is 1. The van der Waals surface area contributed by atoms with Crippen molar-refractivity contribution in [1.29, 1.82) is 0 Å². The number of hydrogen-bond donors (Lipinski definition) is 1. The topological polar surface area (TPSA) is 64.6 Å². The van der Waals surface area contributed by atoms with E-state index in [4.69, 9.17) is 4.74 Å². The van der Waals surface area contributed by atoms with Crippen LogP contribution in [0.4, 0.5) is 4.79 Å². The summed E-state index contributed by atoms with van der Waals surface area (Å²) in [5.41, 5.74) is 0.567. The normalized spacial score (nSPS) is 30.2. The first-order valence-corrected chi connectivity index (χ1v) is 3.97. The second kappa shape index (κ2) is 2.76. The van der Waals surface area contributed by atoms with E-state index < -0.39 is 6.09 Å². The number of fused-ring (bicyclic) bond motifs is 1. The van der Waals surface area contributed by atoms with Crippen molar-refractivity contribution >= 4 is 12.1 Å².